The van der Waals surface area contributed by atoms with Gasteiger partial charge in [0.15, 0.2) is 11.6 Å². The zero-order valence-corrected chi connectivity index (χ0v) is 51.4. The molecule has 34 heteroatoms. The van der Waals surface area contributed by atoms with Crippen LogP contribution in [0, 0.1) is 0 Å². The van der Waals surface area contributed by atoms with Gasteiger partial charge in [-0.15, -0.1) is 12.4 Å². The van der Waals surface area contributed by atoms with Crippen LogP contribution in [0.25, 0.3) is 0 Å². The van der Waals surface area contributed by atoms with E-state index < -0.39 is 55.5 Å². The number of nitrogens with zero attached hydrogens (tertiary/aromatic N) is 10. The number of aromatic nitrogens is 10. The summed E-state index contributed by atoms with van der Waals surface area (Å²) in [6, 6.07) is 9.08. The average Bonchev–Trinajstić information content (AvgIpc) is 2.63. The van der Waals surface area contributed by atoms with Gasteiger partial charge in [0.2, 0.25) is 11.6 Å². The summed E-state index contributed by atoms with van der Waals surface area (Å²) in [5.41, 5.74) is 9.17. The summed E-state index contributed by atoms with van der Waals surface area (Å²) in [6.45, 7) is 8.51. The number of aryl methyl sites for hydroxylation is 8. The predicted molar refractivity (Wildman–Crippen MR) is 338 cm³/mol. The Balaban J connectivity index is 0.000000300. The number of nitrogens with two attached hydrogens (primary N) is 1. The fraction of sp³-hybridized carbons (Fsp3) is 0.296. The number of nitrogens with one attached hydrogen (secondary N) is 9. The van der Waals surface area contributed by atoms with Crippen molar-refractivity contribution in [2.45, 2.75) is 40.3 Å². The van der Waals surface area contributed by atoms with Crippen molar-refractivity contribution >= 4 is 120 Å². The number of anilines is 8. The third kappa shape index (κ3) is 17.7. The van der Waals surface area contributed by atoms with Gasteiger partial charge in [-0.3, -0.25) is 33.6 Å². The van der Waals surface area contributed by atoms with E-state index in [0.29, 0.717) is 57.8 Å². The van der Waals surface area contributed by atoms with Crippen molar-refractivity contribution in [3.05, 3.63) is 132 Å². The molecule has 0 bridgehead atoms. The maximum absolute atomic E-state index is 13.0. The number of aromatic carboxylic acids is 1. The number of halogens is 1. The Kier molecular flexibility index (Phi) is 23.5. The van der Waals surface area contributed by atoms with Crippen LogP contribution < -0.4 is 53.4 Å². The number of rotatable bonds is 21. The van der Waals surface area contributed by atoms with Crippen LogP contribution in [0.2, 0.25) is 13.6 Å². The number of carboxylic acids is 1. The molecule has 8 heterocycles. The quantitative estimate of drug-likeness (QED) is 0.0451. The highest BCUT2D eigenvalue weighted by molar-refractivity contribution is 6.53. The Bertz CT molecular complexity index is 3840. The molecular formula is C54H73B2ClN20O11. The molecule has 0 saturated carbocycles. The van der Waals surface area contributed by atoms with Gasteiger partial charge in [0.1, 0.15) is 34.2 Å². The summed E-state index contributed by atoms with van der Waals surface area (Å²) in [5.74, 6) is -3.94. The molecule has 8 aromatic rings. The lowest BCUT2D eigenvalue weighted by atomic mass is 9.89. The summed E-state index contributed by atoms with van der Waals surface area (Å²) in [4.78, 5) is 109. The summed E-state index contributed by atoms with van der Waals surface area (Å²) in [6.07, 6.45) is 14.5. The molecule has 0 unspecified atom stereocenters. The Labute approximate surface area is 512 Å². The van der Waals surface area contributed by atoms with Crippen molar-refractivity contribution in [1.82, 2.24) is 51.8 Å². The molecule has 0 aliphatic carbocycles. The molecule has 0 aliphatic heterocycles. The molecule has 0 spiro atoms. The number of carbonyl (C=O) groups excluding carboxylic acids is 7. The minimum atomic E-state index is -1.12. The normalized spacial score (nSPS) is 10.5. The van der Waals surface area contributed by atoms with Gasteiger partial charge in [0.05, 0.1) is 22.7 Å². The van der Waals surface area contributed by atoms with Crippen LogP contribution in [-0.4, -0.2) is 136 Å². The Morgan fingerprint density at radius 3 is 0.989 bits per heavy atom. The van der Waals surface area contributed by atoms with Gasteiger partial charge < -0.3 is 105 Å². The first-order valence-electron chi connectivity index (χ1n) is 27.1. The van der Waals surface area contributed by atoms with Crippen LogP contribution >= 0.6 is 12.4 Å². The van der Waals surface area contributed by atoms with E-state index in [1.807, 2.05) is 6.92 Å². The van der Waals surface area contributed by atoms with Gasteiger partial charge in [-0.2, -0.15) is 0 Å². The van der Waals surface area contributed by atoms with E-state index in [-0.39, 0.29) is 58.7 Å². The van der Waals surface area contributed by atoms with Crippen LogP contribution in [0.1, 0.15) is 111 Å². The molecule has 0 aliphatic rings. The Hall–Kier alpha value is -10.2. The summed E-state index contributed by atoms with van der Waals surface area (Å²) < 4.78 is 12.2. The van der Waals surface area contributed by atoms with Crippen LogP contribution in [-0.2, 0) is 56.4 Å². The molecule has 0 fully saturated rings. The molecule has 0 aromatic carbocycles. The van der Waals surface area contributed by atoms with Gasteiger partial charge in [0, 0.05) is 124 Å². The second kappa shape index (κ2) is 30.2. The first-order valence-corrected chi connectivity index (χ1v) is 27.1. The highest BCUT2D eigenvalue weighted by Crippen LogP contribution is 2.23. The van der Waals surface area contributed by atoms with E-state index in [4.69, 9.17) is 5.73 Å². The van der Waals surface area contributed by atoms with Crippen molar-refractivity contribution in [1.29, 1.82) is 0 Å². The molecule has 0 atom stereocenters. The first-order chi connectivity index (χ1) is 41.1. The molecule has 468 valence electrons. The topological polar surface area (TPSA) is 397 Å². The highest BCUT2D eigenvalue weighted by Gasteiger charge is 2.24. The zero-order chi connectivity index (χ0) is 64.1. The highest BCUT2D eigenvalue weighted by atomic mass is 35.5. The maximum atomic E-state index is 13.0. The van der Waals surface area contributed by atoms with Crippen LogP contribution in [0.15, 0.2) is 86.0 Å². The van der Waals surface area contributed by atoms with Gasteiger partial charge in [0.25, 0.3) is 41.4 Å². The predicted octanol–water partition coefficient (Wildman–Crippen LogP) is 4.04. The van der Waals surface area contributed by atoms with E-state index in [1.165, 1.54) is 55.1 Å². The maximum Gasteiger partial charge on any atom is 0.406 e. The third-order valence-electron chi connectivity index (χ3n) is 12.7. The lowest BCUT2D eigenvalue weighted by molar-refractivity contribution is 0.0684. The Morgan fingerprint density at radius 2 is 0.693 bits per heavy atom. The molecule has 0 radical (unpaired) electrons. The van der Waals surface area contributed by atoms with Crippen LogP contribution in [0.5, 0.6) is 0 Å². The number of hydrogen-bond acceptors (Lipinski definition) is 15. The fourth-order valence-corrected chi connectivity index (χ4v) is 8.57. The van der Waals surface area contributed by atoms with E-state index in [0.717, 1.165) is 19.4 Å². The number of amides is 7. The molecule has 88 heavy (non-hydrogen) atoms. The van der Waals surface area contributed by atoms with Crippen molar-refractivity contribution in [3.63, 3.8) is 0 Å². The van der Waals surface area contributed by atoms with Crippen molar-refractivity contribution in [2.75, 3.05) is 55.4 Å². The average molecular weight is 1240 g/mol. The molecular weight excluding hydrogens is 1160 g/mol. The number of hydrogen-bond donors (Lipinski definition) is 13. The number of imidazole rings is 2. The third-order valence-corrected chi connectivity index (χ3v) is 12.7. The van der Waals surface area contributed by atoms with E-state index >= 15 is 0 Å². The molecule has 8 aromatic heterocycles. The first kappa shape index (κ1) is 68.5. The summed E-state index contributed by atoms with van der Waals surface area (Å²) >= 11 is 0. The minimum absolute atomic E-state index is 0. The van der Waals surface area contributed by atoms with Crippen molar-refractivity contribution in [2.24, 2.45) is 62.1 Å². The molecule has 7 amide bonds. The number of carbonyl (C=O) groups is 8. The monoisotopic (exact) mass is 1230 g/mol. The fourth-order valence-electron chi connectivity index (χ4n) is 8.57. The smallest absolute Gasteiger partial charge is 0.406 e. The number of carboxylic acid groups (broad SMARTS) is 1. The van der Waals surface area contributed by atoms with Gasteiger partial charge in [-0.05, 0) is 69.4 Å². The Morgan fingerprint density at radius 1 is 0.420 bits per heavy atom. The molecule has 31 nitrogen and oxygen atoms in total. The molecule has 8 rings (SSSR count). The summed E-state index contributed by atoms with van der Waals surface area (Å²) in [5, 5.41) is 52.8. The summed E-state index contributed by atoms with van der Waals surface area (Å²) in [7, 11) is 11.6. The van der Waals surface area contributed by atoms with Gasteiger partial charge in [-0.1, -0.05) is 13.8 Å². The standard InChI is InChI=1S/C27H35BN10O5.C24H28BN9O6.C3H9N.ClH/c1-7-8-29-24(39)19-9-16(12-35(19)3)30-25(40)20-10-17(13-36(20)4)31-27(42)23-32-22(15-38(23)6)33-26(41)21-11-18(14-37(21)5)34-28(2)43;1-25(40)30-15-8-17(32(3)11-15)22(36)29-19-12-34(5)20(28-19)23(37)27-13-6-16(31(2)9-13)21(35)26-14-7-18(24(38)39)33(4)10-14;1-2-3-4;/h9-15,34,43H,7-8H2,1-6H3,(H,29,39)(H,30,40)(H,31,42)(H,33,41);6-12,30,40H,1-5H3,(H,26,35)(H,27,37)(H,29,36)(H,38,39);2-4H2,1H3;1H. The van der Waals surface area contributed by atoms with E-state index in [9.17, 15) is 53.5 Å². The van der Waals surface area contributed by atoms with Gasteiger partial charge >= 0.3 is 20.1 Å². The second-order valence-electron chi connectivity index (χ2n) is 20.2. The lowest BCUT2D eigenvalue weighted by Gasteiger charge is -2.03. The molecule has 0 saturated heterocycles. The van der Waals surface area contributed by atoms with Gasteiger partial charge in [-0.25, -0.2) is 14.8 Å². The van der Waals surface area contributed by atoms with E-state index in [2.05, 4.69) is 64.6 Å². The zero-order valence-electron chi connectivity index (χ0n) is 50.6. The lowest BCUT2D eigenvalue weighted by Crippen LogP contribution is -2.25. The largest absolute Gasteiger partial charge is 0.477 e. The van der Waals surface area contributed by atoms with Crippen molar-refractivity contribution < 1.29 is 53.5 Å². The molecule has 14 N–H and O–H groups in total. The minimum Gasteiger partial charge on any atom is -0.477 e. The van der Waals surface area contributed by atoms with Crippen LogP contribution in [0.4, 0.5) is 45.8 Å². The second-order valence-corrected chi connectivity index (χ2v) is 20.2. The SMILES string of the molecule is CB(O)Nc1cc(C(=O)Nc2cn(C)c(C(=O)Nc3cc(C(=O)Nc4cc(C(=O)O)n(C)c4)n(C)c3)n2)n(C)c1.CCCN.CCCNC(=O)c1cc(NC(=O)c2cc(NC(=O)c3nc(NC(=O)c4cc(NB(C)O)cn4C)cn3C)cn2C)cn1C.Cl. The van der Waals surface area contributed by atoms with Crippen molar-refractivity contribution in [3.8, 4) is 0 Å². The van der Waals surface area contributed by atoms with Crippen LogP contribution in [0.3, 0.4) is 0 Å². The van der Waals surface area contributed by atoms with E-state index in [1.54, 1.807) is 137 Å².